The number of hydrogen-bond donors (Lipinski definition) is 0. The number of halogens is 2. The van der Waals surface area contributed by atoms with Crippen molar-refractivity contribution in [1.82, 2.24) is 14.7 Å². The molecule has 0 unspecified atom stereocenters. The molecular formula is C23H27Cl2N3O2. The minimum absolute atomic E-state index is 0.00212. The lowest BCUT2D eigenvalue weighted by molar-refractivity contribution is 0.0535. The summed E-state index contributed by atoms with van der Waals surface area (Å²) in [6.45, 7) is 9.14. The summed E-state index contributed by atoms with van der Waals surface area (Å²) in [7, 11) is 0. The molecular weight excluding hydrogens is 421 g/mol. The third kappa shape index (κ3) is 5.54. The molecule has 1 heterocycles. The number of amides is 2. The second kappa shape index (κ2) is 10.3. The van der Waals surface area contributed by atoms with Gasteiger partial charge in [-0.05, 0) is 49.0 Å². The molecule has 1 aliphatic heterocycles. The molecule has 5 nitrogen and oxygen atoms in total. The monoisotopic (exact) mass is 447 g/mol. The van der Waals surface area contributed by atoms with Gasteiger partial charge < -0.3 is 9.80 Å². The third-order valence-electron chi connectivity index (χ3n) is 5.47. The van der Waals surface area contributed by atoms with Crippen molar-refractivity contribution in [2.45, 2.75) is 20.4 Å². The van der Waals surface area contributed by atoms with Crippen molar-refractivity contribution in [3.8, 4) is 0 Å². The summed E-state index contributed by atoms with van der Waals surface area (Å²) >= 11 is 12.0. The Balaban J connectivity index is 1.58. The first-order valence-corrected chi connectivity index (χ1v) is 11.0. The maximum atomic E-state index is 12.9. The first-order chi connectivity index (χ1) is 14.4. The van der Waals surface area contributed by atoms with E-state index in [1.807, 2.05) is 24.3 Å². The Morgan fingerprint density at radius 3 is 1.73 bits per heavy atom. The van der Waals surface area contributed by atoms with Crippen molar-refractivity contribution in [3.05, 3.63) is 69.2 Å². The van der Waals surface area contributed by atoms with Crippen LogP contribution in [0.25, 0.3) is 0 Å². The molecule has 0 atom stereocenters. The second-order valence-corrected chi connectivity index (χ2v) is 8.27. The van der Waals surface area contributed by atoms with E-state index in [0.717, 1.165) is 19.6 Å². The lowest BCUT2D eigenvalue weighted by Gasteiger charge is -2.35. The highest BCUT2D eigenvalue weighted by Crippen LogP contribution is 2.21. The summed E-state index contributed by atoms with van der Waals surface area (Å²) in [6, 6.07) is 12.7. The quantitative estimate of drug-likeness (QED) is 0.657. The van der Waals surface area contributed by atoms with Crippen LogP contribution in [0.3, 0.4) is 0 Å². The molecule has 0 N–H and O–H groups in total. The summed E-state index contributed by atoms with van der Waals surface area (Å²) in [5.74, 6) is -0.116. The van der Waals surface area contributed by atoms with E-state index in [1.165, 1.54) is 5.56 Å². The summed E-state index contributed by atoms with van der Waals surface area (Å²) in [5, 5.41) is 0.869. The predicted molar refractivity (Wildman–Crippen MR) is 121 cm³/mol. The molecule has 0 radical (unpaired) electrons. The van der Waals surface area contributed by atoms with E-state index >= 15 is 0 Å². The SMILES string of the molecule is CCN(CC)Cc1ccc(C(=O)N2CCN(C(=O)c3cc(Cl)cc(Cl)c3)CC2)cc1. The van der Waals surface area contributed by atoms with Crippen LogP contribution in [-0.4, -0.2) is 65.8 Å². The fourth-order valence-corrected chi connectivity index (χ4v) is 4.14. The maximum absolute atomic E-state index is 12.9. The third-order valence-corrected chi connectivity index (χ3v) is 5.90. The van der Waals surface area contributed by atoms with Crippen LogP contribution in [0.15, 0.2) is 42.5 Å². The zero-order chi connectivity index (χ0) is 21.7. The molecule has 0 bridgehead atoms. The van der Waals surface area contributed by atoms with Crippen LogP contribution in [0.2, 0.25) is 10.0 Å². The van der Waals surface area contributed by atoms with Crippen LogP contribution < -0.4 is 0 Å². The molecule has 2 amide bonds. The van der Waals surface area contributed by atoms with Gasteiger partial charge in [0.2, 0.25) is 0 Å². The fraction of sp³-hybridized carbons (Fsp3) is 0.391. The molecule has 2 aromatic carbocycles. The van der Waals surface area contributed by atoms with E-state index in [9.17, 15) is 9.59 Å². The Morgan fingerprint density at radius 1 is 0.800 bits per heavy atom. The van der Waals surface area contributed by atoms with E-state index < -0.39 is 0 Å². The molecule has 0 saturated carbocycles. The predicted octanol–water partition coefficient (Wildman–Crippen LogP) is 4.43. The van der Waals surface area contributed by atoms with Crippen LogP contribution in [0, 0.1) is 0 Å². The van der Waals surface area contributed by atoms with Gasteiger partial charge in [-0.2, -0.15) is 0 Å². The topological polar surface area (TPSA) is 43.9 Å². The van der Waals surface area contributed by atoms with Crippen molar-refractivity contribution >= 4 is 35.0 Å². The number of hydrogen-bond acceptors (Lipinski definition) is 3. The van der Waals surface area contributed by atoms with E-state index in [0.29, 0.717) is 47.4 Å². The molecule has 1 fully saturated rings. The fourth-order valence-electron chi connectivity index (χ4n) is 3.61. The number of piperazine rings is 1. The van der Waals surface area contributed by atoms with Gasteiger partial charge in [0.05, 0.1) is 0 Å². The zero-order valence-corrected chi connectivity index (χ0v) is 18.9. The molecule has 1 aliphatic rings. The van der Waals surface area contributed by atoms with Gasteiger partial charge >= 0.3 is 0 Å². The standard InChI is InChI=1S/C23H27Cl2N3O2/c1-3-26(4-2)16-17-5-7-18(8-6-17)22(29)27-9-11-28(12-10-27)23(30)19-13-20(24)15-21(25)14-19/h5-8,13-15H,3-4,9-12,16H2,1-2H3. The Morgan fingerprint density at radius 2 is 1.27 bits per heavy atom. The average Bonchev–Trinajstić information content (AvgIpc) is 2.76. The van der Waals surface area contributed by atoms with Crippen molar-refractivity contribution in [3.63, 3.8) is 0 Å². The molecule has 2 aromatic rings. The maximum Gasteiger partial charge on any atom is 0.254 e. The van der Waals surface area contributed by atoms with Crippen LogP contribution in [-0.2, 0) is 6.54 Å². The van der Waals surface area contributed by atoms with Gasteiger partial charge in [-0.15, -0.1) is 0 Å². The largest absolute Gasteiger partial charge is 0.335 e. The Hall–Kier alpha value is -2.08. The molecule has 1 saturated heterocycles. The summed E-state index contributed by atoms with van der Waals surface area (Å²) in [5.41, 5.74) is 2.35. The van der Waals surface area contributed by atoms with E-state index in [1.54, 1.807) is 28.0 Å². The van der Waals surface area contributed by atoms with Crippen LogP contribution in [0.5, 0.6) is 0 Å². The van der Waals surface area contributed by atoms with Gasteiger partial charge in [-0.25, -0.2) is 0 Å². The van der Waals surface area contributed by atoms with Gasteiger partial charge in [0.15, 0.2) is 0 Å². The lowest BCUT2D eigenvalue weighted by atomic mass is 10.1. The number of benzene rings is 2. The van der Waals surface area contributed by atoms with Crippen molar-refractivity contribution < 1.29 is 9.59 Å². The van der Waals surface area contributed by atoms with Crippen molar-refractivity contribution in [1.29, 1.82) is 0 Å². The second-order valence-electron chi connectivity index (χ2n) is 7.40. The Bertz CT molecular complexity index is 870. The highest BCUT2D eigenvalue weighted by atomic mass is 35.5. The minimum Gasteiger partial charge on any atom is -0.335 e. The molecule has 0 aliphatic carbocycles. The normalized spacial score (nSPS) is 14.3. The smallest absolute Gasteiger partial charge is 0.254 e. The summed E-state index contributed by atoms with van der Waals surface area (Å²) in [6.07, 6.45) is 0. The van der Waals surface area contributed by atoms with E-state index in [2.05, 4.69) is 18.7 Å². The van der Waals surface area contributed by atoms with Gasteiger partial charge in [0.25, 0.3) is 11.8 Å². The highest BCUT2D eigenvalue weighted by molar-refractivity contribution is 6.35. The zero-order valence-electron chi connectivity index (χ0n) is 17.4. The van der Waals surface area contributed by atoms with E-state index in [4.69, 9.17) is 23.2 Å². The van der Waals surface area contributed by atoms with E-state index in [-0.39, 0.29) is 11.8 Å². The van der Waals surface area contributed by atoms with Crippen molar-refractivity contribution in [2.24, 2.45) is 0 Å². The van der Waals surface area contributed by atoms with Crippen LogP contribution in [0.4, 0.5) is 0 Å². The number of rotatable bonds is 6. The summed E-state index contributed by atoms with van der Waals surface area (Å²) in [4.78, 5) is 31.5. The van der Waals surface area contributed by atoms with Gasteiger partial charge in [0.1, 0.15) is 0 Å². The minimum atomic E-state index is -0.118. The molecule has 0 aromatic heterocycles. The van der Waals surface area contributed by atoms with Gasteiger partial charge in [-0.1, -0.05) is 49.2 Å². The van der Waals surface area contributed by atoms with Gasteiger partial charge in [0, 0.05) is 53.9 Å². The van der Waals surface area contributed by atoms with Gasteiger partial charge in [-0.3, -0.25) is 14.5 Å². The highest BCUT2D eigenvalue weighted by Gasteiger charge is 2.26. The molecule has 160 valence electrons. The number of carbonyl (C=O) groups excluding carboxylic acids is 2. The first-order valence-electron chi connectivity index (χ1n) is 10.3. The van der Waals surface area contributed by atoms with Crippen LogP contribution in [0.1, 0.15) is 40.1 Å². The molecule has 7 heteroatoms. The number of nitrogens with zero attached hydrogens (tertiary/aromatic N) is 3. The first kappa shape index (κ1) is 22.6. The number of carbonyl (C=O) groups is 2. The van der Waals surface area contributed by atoms with Crippen molar-refractivity contribution in [2.75, 3.05) is 39.3 Å². The lowest BCUT2D eigenvalue weighted by Crippen LogP contribution is -2.50. The Labute approximate surface area is 188 Å². The molecule has 3 rings (SSSR count). The Kier molecular flexibility index (Phi) is 7.75. The molecule has 30 heavy (non-hydrogen) atoms. The average molecular weight is 448 g/mol. The summed E-state index contributed by atoms with van der Waals surface area (Å²) < 4.78 is 0. The van der Waals surface area contributed by atoms with Crippen LogP contribution >= 0.6 is 23.2 Å². The molecule has 0 spiro atoms.